The normalized spacial score (nSPS) is 11.6. The number of halogens is 2. The van der Waals surface area contributed by atoms with Crippen LogP contribution in [0.3, 0.4) is 0 Å². The zero-order chi connectivity index (χ0) is 21.7. The van der Waals surface area contributed by atoms with Crippen molar-refractivity contribution in [3.63, 3.8) is 0 Å². The molecule has 30 heavy (non-hydrogen) atoms. The standard InChI is InChI=1S/C22H19ClINO4S/c1-3-28-21-13-16(14-25-20-11-7-10-18(23)15(20)2)12-19(24)22(21)29-30(26,27)17-8-5-4-6-9-17/h4-14H,3H2,1-2H3. The average Bonchev–Trinajstić information content (AvgIpc) is 2.72. The molecule has 0 unspecified atom stereocenters. The Morgan fingerprint density at radius 3 is 2.53 bits per heavy atom. The SMILES string of the molecule is CCOc1cc(C=Nc2cccc(Cl)c2C)cc(I)c1OS(=O)(=O)c1ccccc1. The molecule has 8 heteroatoms. The molecular formula is C22H19ClINO4S. The Kier molecular flexibility index (Phi) is 7.38. The first-order valence-electron chi connectivity index (χ1n) is 9.07. The number of ether oxygens (including phenoxy) is 1. The highest BCUT2D eigenvalue weighted by Gasteiger charge is 2.21. The molecule has 0 heterocycles. The predicted molar refractivity (Wildman–Crippen MR) is 128 cm³/mol. The third-order valence-electron chi connectivity index (χ3n) is 4.15. The first kappa shape index (κ1) is 22.6. The Bertz CT molecular complexity index is 1180. The van der Waals surface area contributed by atoms with E-state index in [0.29, 0.717) is 20.9 Å². The lowest BCUT2D eigenvalue weighted by Crippen LogP contribution is -2.12. The van der Waals surface area contributed by atoms with E-state index in [4.69, 9.17) is 20.5 Å². The van der Waals surface area contributed by atoms with E-state index in [1.165, 1.54) is 12.1 Å². The molecule has 3 aromatic carbocycles. The fourth-order valence-corrected chi connectivity index (χ4v) is 4.66. The van der Waals surface area contributed by atoms with Crippen LogP contribution in [-0.4, -0.2) is 21.2 Å². The quantitative estimate of drug-likeness (QED) is 0.199. The van der Waals surface area contributed by atoms with Gasteiger partial charge in [-0.2, -0.15) is 8.42 Å². The molecule has 0 aromatic heterocycles. The predicted octanol–water partition coefficient (Wildman–Crippen LogP) is 6.17. The summed E-state index contributed by atoms with van der Waals surface area (Å²) in [6.07, 6.45) is 1.68. The topological polar surface area (TPSA) is 65.0 Å². The summed E-state index contributed by atoms with van der Waals surface area (Å²) in [6.45, 7) is 4.07. The zero-order valence-electron chi connectivity index (χ0n) is 16.3. The van der Waals surface area contributed by atoms with Gasteiger partial charge in [-0.3, -0.25) is 4.99 Å². The van der Waals surface area contributed by atoms with Crippen LogP contribution in [0.5, 0.6) is 11.5 Å². The fourth-order valence-electron chi connectivity index (χ4n) is 2.63. The van der Waals surface area contributed by atoms with Gasteiger partial charge in [0.25, 0.3) is 0 Å². The lowest BCUT2D eigenvalue weighted by Gasteiger charge is -2.14. The molecule has 5 nitrogen and oxygen atoms in total. The Balaban J connectivity index is 1.96. The summed E-state index contributed by atoms with van der Waals surface area (Å²) in [5.41, 5.74) is 2.37. The molecule has 0 atom stereocenters. The molecule has 0 N–H and O–H groups in total. The maximum atomic E-state index is 12.7. The number of rotatable bonds is 7. The monoisotopic (exact) mass is 555 g/mol. The van der Waals surface area contributed by atoms with Crippen LogP contribution in [0.4, 0.5) is 5.69 Å². The second kappa shape index (κ2) is 9.80. The van der Waals surface area contributed by atoms with Crippen molar-refractivity contribution in [2.75, 3.05) is 6.61 Å². The number of nitrogens with zero attached hydrogens (tertiary/aromatic N) is 1. The molecule has 0 radical (unpaired) electrons. The lowest BCUT2D eigenvalue weighted by atomic mass is 10.2. The Labute approximate surface area is 195 Å². The minimum Gasteiger partial charge on any atom is -0.490 e. The minimum absolute atomic E-state index is 0.0744. The Hall–Kier alpha value is -2.10. The van der Waals surface area contributed by atoms with E-state index in [1.807, 2.05) is 54.6 Å². The molecule has 0 aliphatic carbocycles. The van der Waals surface area contributed by atoms with E-state index in [0.717, 1.165) is 16.8 Å². The highest BCUT2D eigenvalue weighted by atomic mass is 127. The second-order valence-electron chi connectivity index (χ2n) is 6.26. The van der Waals surface area contributed by atoms with E-state index in [2.05, 4.69) is 4.99 Å². The van der Waals surface area contributed by atoms with Crippen LogP contribution in [0.25, 0.3) is 0 Å². The smallest absolute Gasteiger partial charge is 0.339 e. The third-order valence-corrected chi connectivity index (χ3v) is 6.59. The molecule has 0 aliphatic heterocycles. The van der Waals surface area contributed by atoms with Crippen LogP contribution < -0.4 is 8.92 Å². The molecule has 0 amide bonds. The van der Waals surface area contributed by atoms with Crippen LogP contribution in [0.15, 0.2) is 70.6 Å². The van der Waals surface area contributed by atoms with E-state index in [-0.39, 0.29) is 10.6 Å². The van der Waals surface area contributed by atoms with Gasteiger partial charge in [0.1, 0.15) is 4.90 Å². The van der Waals surface area contributed by atoms with Gasteiger partial charge in [0.15, 0.2) is 11.5 Å². The van der Waals surface area contributed by atoms with Gasteiger partial charge >= 0.3 is 10.1 Å². The van der Waals surface area contributed by atoms with Crippen LogP contribution in [-0.2, 0) is 10.1 Å². The van der Waals surface area contributed by atoms with Gasteiger partial charge in [-0.25, -0.2) is 0 Å². The van der Waals surface area contributed by atoms with E-state index < -0.39 is 10.1 Å². The van der Waals surface area contributed by atoms with E-state index >= 15 is 0 Å². The average molecular weight is 556 g/mol. The lowest BCUT2D eigenvalue weighted by molar-refractivity contribution is 0.327. The molecular weight excluding hydrogens is 537 g/mol. The fraction of sp³-hybridized carbons (Fsp3) is 0.136. The largest absolute Gasteiger partial charge is 0.490 e. The van der Waals surface area contributed by atoms with Crippen molar-refractivity contribution < 1.29 is 17.3 Å². The highest BCUT2D eigenvalue weighted by Crippen LogP contribution is 2.36. The molecule has 156 valence electrons. The van der Waals surface area contributed by atoms with Crippen molar-refractivity contribution in [2.45, 2.75) is 18.7 Å². The molecule has 3 rings (SSSR count). The molecule has 0 saturated heterocycles. The molecule has 0 bridgehead atoms. The molecule has 3 aromatic rings. The first-order valence-corrected chi connectivity index (χ1v) is 11.9. The van der Waals surface area contributed by atoms with Crippen molar-refractivity contribution >= 4 is 56.2 Å². The number of hydrogen-bond donors (Lipinski definition) is 0. The summed E-state index contributed by atoms with van der Waals surface area (Å²) in [6, 6.07) is 17.0. The van der Waals surface area contributed by atoms with Gasteiger partial charge in [-0.1, -0.05) is 35.9 Å². The summed E-state index contributed by atoms with van der Waals surface area (Å²) in [5.74, 6) is 0.477. The van der Waals surface area contributed by atoms with Gasteiger partial charge in [0.2, 0.25) is 0 Å². The van der Waals surface area contributed by atoms with Crippen LogP contribution in [0.2, 0.25) is 5.02 Å². The molecule has 0 aliphatic rings. The third kappa shape index (κ3) is 5.33. The van der Waals surface area contributed by atoms with Crippen molar-refractivity contribution in [1.29, 1.82) is 0 Å². The maximum Gasteiger partial charge on any atom is 0.339 e. The van der Waals surface area contributed by atoms with Crippen molar-refractivity contribution in [2.24, 2.45) is 4.99 Å². The maximum absolute atomic E-state index is 12.7. The second-order valence-corrected chi connectivity index (χ2v) is 9.37. The highest BCUT2D eigenvalue weighted by molar-refractivity contribution is 14.1. The molecule has 0 fully saturated rings. The number of hydrogen-bond acceptors (Lipinski definition) is 5. The van der Waals surface area contributed by atoms with Crippen molar-refractivity contribution in [3.8, 4) is 11.5 Å². The van der Waals surface area contributed by atoms with Gasteiger partial charge in [-0.15, -0.1) is 0 Å². The van der Waals surface area contributed by atoms with Gasteiger partial charge < -0.3 is 8.92 Å². The first-order chi connectivity index (χ1) is 14.3. The van der Waals surface area contributed by atoms with Gasteiger partial charge in [-0.05, 0) is 84.0 Å². The summed E-state index contributed by atoms with van der Waals surface area (Å²) < 4.78 is 37.0. The Morgan fingerprint density at radius 1 is 1.10 bits per heavy atom. The van der Waals surface area contributed by atoms with Crippen molar-refractivity contribution in [3.05, 3.63) is 80.4 Å². The van der Waals surface area contributed by atoms with Crippen LogP contribution >= 0.6 is 34.2 Å². The minimum atomic E-state index is -3.99. The molecule has 0 saturated carbocycles. The molecule has 0 spiro atoms. The van der Waals surface area contributed by atoms with E-state index in [1.54, 1.807) is 36.5 Å². The summed E-state index contributed by atoms with van der Waals surface area (Å²) in [5, 5.41) is 0.643. The summed E-state index contributed by atoms with van der Waals surface area (Å²) >= 11 is 8.18. The summed E-state index contributed by atoms with van der Waals surface area (Å²) in [7, 11) is -3.99. The summed E-state index contributed by atoms with van der Waals surface area (Å²) in [4.78, 5) is 4.58. The van der Waals surface area contributed by atoms with Crippen LogP contribution in [0.1, 0.15) is 18.1 Å². The van der Waals surface area contributed by atoms with Gasteiger partial charge in [0.05, 0.1) is 15.9 Å². The van der Waals surface area contributed by atoms with Crippen LogP contribution in [0, 0.1) is 10.5 Å². The van der Waals surface area contributed by atoms with E-state index in [9.17, 15) is 8.42 Å². The van der Waals surface area contributed by atoms with Gasteiger partial charge in [0, 0.05) is 11.2 Å². The number of aliphatic imine (C=N–C) groups is 1. The Morgan fingerprint density at radius 2 is 1.83 bits per heavy atom. The number of benzene rings is 3. The zero-order valence-corrected chi connectivity index (χ0v) is 20.0. The van der Waals surface area contributed by atoms with Crippen molar-refractivity contribution in [1.82, 2.24) is 0 Å².